The first-order valence-electron chi connectivity index (χ1n) is 4.83. The minimum atomic E-state index is -0.0833. The highest BCUT2D eigenvalue weighted by Crippen LogP contribution is 2.08. The molecular formula is C9H27N3O2. The number of aliphatic hydroxyl groups is 1. The van der Waals surface area contributed by atoms with Crippen LogP contribution in [0.25, 0.3) is 0 Å². The Morgan fingerprint density at radius 1 is 1.21 bits per heavy atom. The van der Waals surface area contributed by atoms with Gasteiger partial charge in [-0.3, -0.25) is 0 Å². The summed E-state index contributed by atoms with van der Waals surface area (Å²) >= 11 is 0. The van der Waals surface area contributed by atoms with E-state index in [1.807, 2.05) is 33.2 Å². The monoisotopic (exact) mass is 209 g/mol. The second kappa shape index (κ2) is 15.3. The van der Waals surface area contributed by atoms with Gasteiger partial charge in [-0.15, -0.1) is 0 Å². The highest BCUT2D eigenvalue weighted by molar-refractivity contribution is 4.65. The van der Waals surface area contributed by atoms with E-state index in [9.17, 15) is 0 Å². The van der Waals surface area contributed by atoms with E-state index in [1.165, 1.54) is 0 Å². The van der Waals surface area contributed by atoms with Crippen LogP contribution in [-0.4, -0.2) is 36.6 Å². The van der Waals surface area contributed by atoms with Crippen molar-refractivity contribution in [2.24, 2.45) is 16.9 Å². The van der Waals surface area contributed by atoms with E-state index in [0.29, 0.717) is 13.1 Å². The first kappa shape index (κ1) is 19.4. The van der Waals surface area contributed by atoms with Crippen LogP contribution in [0.2, 0.25) is 0 Å². The molecule has 0 aromatic heterocycles. The minimum absolute atomic E-state index is 0.0833. The van der Waals surface area contributed by atoms with E-state index in [-0.39, 0.29) is 12.0 Å². The third-order valence-electron chi connectivity index (χ3n) is 1.14. The van der Waals surface area contributed by atoms with E-state index in [1.54, 1.807) is 0 Å². The summed E-state index contributed by atoms with van der Waals surface area (Å²) in [6, 6.07) is 0. The highest BCUT2D eigenvalue weighted by atomic mass is 16.5. The Labute approximate surface area is 87.4 Å². The maximum Gasteiger partial charge on any atom is 0.0494 e. The third-order valence-corrected chi connectivity index (χ3v) is 1.14. The summed E-state index contributed by atoms with van der Waals surface area (Å²) in [6.07, 6.45) is 0. The van der Waals surface area contributed by atoms with Crippen LogP contribution >= 0.6 is 0 Å². The van der Waals surface area contributed by atoms with Crippen LogP contribution in [0.4, 0.5) is 0 Å². The number of nitrogens with two attached hydrogens (primary N) is 2. The van der Waals surface area contributed by atoms with E-state index >= 15 is 0 Å². The molecule has 0 aromatic rings. The minimum Gasteiger partial charge on any atom is -0.396 e. The fourth-order valence-corrected chi connectivity index (χ4v) is 0.0645. The average molecular weight is 209 g/mol. The summed E-state index contributed by atoms with van der Waals surface area (Å²) in [4.78, 5) is 0. The first-order chi connectivity index (χ1) is 6.45. The van der Waals surface area contributed by atoms with Crippen molar-refractivity contribution in [3.8, 4) is 0 Å². The molecule has 14 heavy (non-hydrogen) atoms. The van der Waals surface area contributed by atoms with Crippen LogP contribution in [0, 0.1) is 5.41 Å². The maximum atomic E-state index is 8.51. The number of aliphatic hydroxyl groups excluding tert-OH is 1. The standard InChI is InChI=1S/C5H13NO.C2H7NO.C2H7N/c1-5(2,3-6)4-7;1-2-3-4;1-2-3/h7H,3-4,6H2,1-2H3;3-4H,2H2,1H3;2-3H2,1H3. The molecule has 5 nitrogen and oxygen atoms in total. The van der Waals surface area contributed by atoms with Crippen molar-refractivity contribution in [1.29, 1.82) is 0 Å². The van der Waals surface area contributed by atoms with Gasteiger partial charge in [-0.25, -0.2) is 5.48 Å². The molecule has 0 heterocycles. The molecule has 7 N–H and O–H groups in total. The zero-order valence-electron chi connectivity index (χ0n) is 9.88. The molecule has 0 spiro atoms. The summed E-state index contributed by atoms with van der Waals surface area (Å²) in [5, 5.41) is 16.1. The molecule has 0 atom stereocenters. The molecule has 0 unspecified atom stereocenters. The lowest BCUT2D eigenvalue weighted by Gasteiger charge is -2.17. The Morgan fingerprint density at radius 2 is 1.50 bits per heavy atom. The lowest BCUT2D eigenvalue weighted by Crippen LogP contribution is -2.26. The predicted octanol–water partition coefficient (Wildman–Crippen LogP) is -0.0863. The van der Waals surface area contributed by atoms with Gasteiger partial charge in [-0.05, 0) is 13.1 Å². The van der Waals surface area contributed by atoms with Gasteiger partial charge >= 0.3 is 0 Å². The number of rotatable bonds is 3. The summed E-state index contributed by atoms with van der Waals surface area (Å²) < 4.78 is 0. The molecular weight excluding hydrogens is 182 g/mol. The molecule has 0 rings (SSSR count). The Morgan fingerprint density at radius 3 is 1.50 bits per heavy atom. The van der Waals surface area contributed by atoms with E-state index < -0.39 is 0 Å². The fourth-order valence-electron chi connectivity index (χ4n) is 0.0645. The van der Waals surface area contributed by atoms with Crippen molar-refractivity contribution in [1.82, 2.24) is 5.48 Å². The Kier molecular flexibility index (Phi) is 21.2. The molecule has 0 saturated heterocycles. The van der Waals surface area contributed by atoms with Gasteiger partial charge in [0.1, 0.15) is 0 Å². The number of hydrogen-bond acceptors (Lipinski definition) is 5. The van der Waals surface area contributed by atoms with Crippen molar-refractivity contribution in [3.63, 3.8) is 0 Å². The van der Waals surface area contributed by atoms with Gasteiger partial charge in [0.05, 0.1) is 0 Å². The van der Waals surface area contributed by atoms with Crippen molar-refractivity contribution in [2.45, 2.75) is 27.7 Å². The normalized spacial score (nSPS) is 9.43. The molecule has 0 amide bonds. The topological polar surface area (TPSA) is 105 Å². The smallest absolute Gasteiger partial charge is 0.0494 e. The van der Waals surface area contributed by atoms with Crippen LogP contribution in [0.15, 0.2) is 0 Å². The van der Waals surface area contributed by atoms with Crippen LogP contribution in [-0.2, 0) is 0 Å². The van der Waals surface area contributed by atoms with Crippen molar-refractivity contribution >= 4 is 0 Å². The average Bonchev–Trinajstić information content (AvgIpc) is 2.19. The Hall–Kier alpha value is -0.200. The zero-order chi connectivity index (χ0) is 12.0. The summed E-state index contributed by atoms with van der Waals surface area (Å²) in [5.74, 6) is 0. The quantitative estimate of drug-likeness (QED) is 0.418. The molecule has 0 aromatic carbocycles. The van der Waals surface area contributed by atoms with Gasteiger partial charge in [0.2, 0.25) is 0 Å². The summed E-state index contributed by atoms with van der Waals surface area (Å²) in [7, 11) is 0. The van der Waals surface area contributed by atoms with Gasteiger partial charge < -0.3 is 21.8 Å². The SMILES string of the molecule is CC(C)(CN)CO.CCN.CCNO. The molecule has 0 aliphatic carbocycles. The van der Waals surface area contributed by atoms with Gasteiger partial charge in [0.25, 0.3) is 0 Å². The van der Waals surface area contributed by atoms with Gasteiger partial charge in [-0.2, -0.15) is 0 Å². The number of hydroxylamine groups is 1. The Bertz CT molecular complexity index is 82.1. The fraction of sp³-hybridized carbons (Fsp3) is 1.00. The van der Waals surface area contributed by atoms with E-state index in [2.05, 4.69) is 0 Å². The first-order valence-corrected chi connectivity index (χ1v) is 4.83. The molecule has 90 valence electrons. The number of nitrogens with one attached hydrogen (secondary N) is 1. The zero-order valence-corrected chi connectivity index (χ0v) is 9.88. The van der Waals surface area contributed by atoms with Crippen LogP contribution in [0.3, 0.4) is 0 Å². The van der Waals surface area contributed by atoms with Crippen LogP contribution in [0.1, 0.15) is 27.7 Å². The van der Waals surface area contributed by atoms with Crippen LogP contribution in [0.5, 0.6) is 0 Å². The molecule has 0 bridgehead atoms. The third kappa shape index (κ3) is 29.8. The van der Waals surface area contributed by atoms with Gasteiger partial charge in [0, 0.05) is 18.6 Å². The second-order valence-corrected chi connectivity index (χ2v) is 3.45. The van der Waals surface area contributed by atoms with E-state index in [0.717, 1.165) is 6.54 Å². The van der Waals surface area contributed by atoms with Crippen molar-refractivity contribution < 1.29 is 10.3 Å². The molecule has 5 heteroatoms. The molecule has 0 saturated carbocycles. The summed E-state index contributed by atoms with van der Waals surface area (Å²) in [6.45, 7) is 9.66. The maximum absolute atomic E-state index is 8.51. The van der Waals surface area contributed by atoms with Crippen molar-refractivity contribution in [2.75, 3.05) is 26.2 Å². The van der Waals surface area contributed by atoms with Crippen LogP contribution < -0.4 is 16.9 Å². The molecule has 0 aliphatic heterocycles. The van der Waals surface area contributed by atoms with Crippen molar-refractivity contribution in [3.05, 3.63) is 0 Å². The van der Waals surface area contributed by atoms with Gasteiger partial charge in [0.15, 0.2) is 0 Å². The lowest BCUT2D eigenvalue weighted by molar-refractivity contribution is 0.167. The molecule has 0 radical (unpaired) electrons. The largest absolute Gasteiger partial charge is 0.396 e. The highest BCUT2D eigenvalue weighted by Gasteiger charge is 2.11. The van der Waals surface area contributed by atoms with E-state index in [4.69, 9.17) is 21.8 Å². The Balaban J connectivity index is -0.000000147. The predicted molar refractivity (Wildman–Crippen MR) is 60.1 cm³/mol. The van der Waals surface area contributed by atoms with Gasteiger partial charge in [-0.1, -0.05) is 27.7 Å². The second-order valence-electron chi connectivity index (χ2n) is 3.45. The summed E-state index contributed by atoms with van der Waals surface area (Å²) in [5.41, 5.74) is 12.0. The molecule has 0 aliphatic rings. The molecule has 0 fully saturated rings. The number of hydrogen-bond donors (Lipinski definition) is 5. The lowest BCUT2D eigenvalue weighted by atomic mass is 9.96.